The Balaban J connectivity index is 2.32. The number of rotatable bonds is 3. The third-order valence-electron chi connectivity index (χ3n) is 1.94. The van der Waals surface area contributed by atoms with Crippen LogP contribution in [0.1, 0.15) is 12.2 Å². The summed E-state index contributed by atoms with van der Waals surface area (Å²) in [6, 6.07) is 7.85. The van der Waals surface area contributed by atoms with E-state index in [9.17, 15) is 4.79 Å². The van der Waals surface area contributed by atoms with E-state index in [1.807, 2.05) is 24.3 Å². The second-order valence-corrected chi connectivity index (χ2v) is 2.91. The third-order valence-corrected chi connectivity index (χ3v) is 1.94. The van der Waals surface area contributed by atoms with E-state index in [1.165, 1.54) is 0 Å². The Bertz CT molecular complexity index is 387. The van der Waals surface area contributed by atoms with Crippen molar-refractivity contribution in [2.24, 2.45) is 0 Å². The summed E-state index contributed by atoms with van der Waals surface area (Å²) >= 11 is 0. The summed E-state index contributed by atoms with van der Waals surface area (Å²) in [4.78, 5) is 17.6. The molecule has 0 unspecified atom stereocenters. The number of aldehydes is 1. The lowest BCUT2D eigenvalue weighted by Crippen LogP contribution is -1.87. The first-order valence-corrected chi connectivity index (χ1v) is 4.27. The molecule has 0 fully saturated rings. The molecule has 1 aromatic carbocycles. The van der Waals surface area contributed by atoms with Crippen LogP contribution in [-0.4, -0.2) is 16.3 Å². The molecule has 0 amide bonds. The van der Waals surface area contributed by atoms with Crippen LogP contribution in [0.3, 0.4) is 0 Å². The second-order valence-electron chi connectivity index (χ2n) is 2.91. The van der Waals surface area contributed by atoms with Gasteiger partial charge in [-0.2, -0.15) is 0 Å². The molecule has 0 aliphatic rings. The predicted octanol–water partition coefficient (Wildman–Crippen LogP) is 1.69. The van der Waals surface area contributed by atoms with Gasteiger partial charge in [0.15, 0.2) is 0 Å². The van der Waals surface area contributed by atoms with Crippen molar-refractivity contribution in [1.82, 2.24) is 9.97 Å². The molecular formula is C10H10N2O. The topological polar surface area (TPSA) is 45.8 Å². The molecule has 0 aliphatic heterocycles. The highest BCUT2D eigenvalue weighted by Gasteiger charge is 1.99. The average molecular weight is 174 g/mol. The molecule has 3 nitrogen and oxygen atoms in total. The zero-order valence-corrected chi connectivity index (χ0v) is 7.16. The van der Waals surface area contributed by atoms with Gasteiger partial charge in [-0.05, 0) is 12.1 Å². The minimum Gasteiger partial charge on any atom is -0.342 e. The second kappa shape index (κ2) is 3.39. The van der Waals surface area contributed by atoms with Gasteiger partial charge in [0, 0.05) is 12.8 Å². The fourth-order valence-corrected chi connectivity index (χ4v) is 1.32. The van der Waals surface area contributed by atoms with Gasteiger partial charge in [-0.3, -0.25) is 0 Å². The van der Waals surface area contributed by atoms with E-state index in [0.29, 0.717) is 12.8 Å². The highest BCUT2D eigenvalue weighted by Crippen LogP contribution is 2.10. The largest absolute Gasteiger partial charge is 0.342 e. The highest BCUT2D eigenvalue weighted by atomic mass is 16.1. The molecule has 0 saturated carbocycles. The van der Waals surface area contributed by atoms with Crippen LogP contribution in [0.25, 0.3) is 11.0 Å². The van der Waals surface area contributed by atoms with Gasteiger partial charge >= 0.3 is 0 Å². The molecule has 0 aliphatic carbocycles. The molecule has 1 N–H and O–H groups in total. The van der Waals surface area contributed by atoms with Crippen LogP contribution >= 0.6 is 0 Å². The lowest BCUT2D eigenvalue weighted by atomic mass is 10.3. The Morgan fingerprint density at radius 3 is 3.00 bits per heavy atom. The predicted molar refractivity (Wildman–Crippen MR) is 50.5 cm³/mol. The number of imidazole rings is 1. The average Bonchev–Trinajstić information content (AvgIpc) is 2.57. The first kappa shape index (κ1) is 7.98. The molecule has 0 saturated heterocycles. The lowest BCUT2D eigenvalue weighted by Gasteiger charge is -1.86. The number of aryl methyl sites for hydroxylation is 1. The minimum absolute atomic E-state index is 0.528. The number of benzene rings is 1. The Morgan fingerprint density at radius 1 is 1.38 bits per heavy atom. The smallest absolute Gasteiger partial charge is 0.120 e. The van der Waals surface area contributed by atoms with Crippen LogP contribution in [0.4, 0.5) is 0 Å². The lowest BCUT2D eigenvalue weighted by molar-refractivity contribution is -0.107. The van der Waals surface area contributed by atoms with Crippen molar-refractivity contribution < 1.29 is 4.79 Å². The number of aromatic amines is 1. The van der Waals surface area contributed by atoms with E-state index in [4.69, 9.17) is 0 Å². The van der Waals surface area contributed by atoms with Crippen molar-refractivity contribution in [3.8, 4) is 0 Å². The Morgan fingerprint density at radius 2 is 2.23 bits per heavy atom. The standard InChI is InChI=1S/C10H10N2O/c13-7-3-6-10-11-8-4-1-2-5-9(8)12-10/h1-2,4-5,7H,3,6H2,(H,11,12). The molecule has 3 heteroatoms. The van der Waals surface area contributed by atoms with Gasteiger partial charge < -0.3 is 9.78 Å². The summed E-state index contributed by atoms with van der Waals surface area (Å²) in [5.41, 5.74) is 1.99. The molecule has 13 heavy (non-hydrogen) atoms. The number of aromatic nitrogens is 2. The van der Waals surface area contributed by atoms with E-state index in [1.54, 1.807) is 0 Å². The summed E-state index contributed by atoms with van der Waals surface area (Å²) < 4.78 is 0. The zero-order chi connectivity index (χ0) is 9.10. The number of para-hydroxylation sites is 2. The molecule has 1 aromatic heterocycles. The summed E-state index contributed by atoms with van der Waals surface area (Å²) in [6.07, 6.45) is 2.13. The highest BCUT2D eigenvalue weighted by molar-refractivity contribution is 5.74. The SMILES string of the molecule is O=CCCc1nc2ccccc2[nH]1. The number of fused-ring (bicyclic) bond motifs is 1. The molecule has 0 atom stereocenters. The Labute approximate surface area is 75.8 Å². The summed E-state index contributed by atoms with van der Waals surface area (Å²) in [5.74, 6) is 0.883. The molecule has 2 rings (SSSR count). The van der Waals surface area contributed by atoms with Gasteiger partial charge in [0.1, 0.15) is 12.1 Å². The van der Waals surface area contributed by atoms with E-state index in [-0.39, 0.29) is 0 Å². The van der Waals surface area contributed by atoms with Crippen LogP contribution < -0.4 is 0 Å². The summed E-state index contributed by atoms with van der Waals surface area (Å²) in [6.45, 7) is 0. The number of hydrogen-bond acceptors (Lipinski definition) is 2. The van der Waals surface area contributed by atoms with E-state index >= 15 is 0 Å². The molecule has 66 valence electrons. The maximum Gasteiger partial charge on any atom is 0.120 e. The van der Waals surface area contributed by atoms with Crippen LogP contribution in [0.5, 0.6) is 0 Å². The molecule has 2 aromatic rings. The van der Waals surface area contributed by atoms with Gasteiger partial charge in [-0.15, -0.1) is 0 Å². The van der Waals surface area contributed by atoms with E-state index < -0.39 is 0 Å². The van der Waals surface area contributed by atoms with Gasteiger partial charge in [0.05, 0.1) is 11.0 Å². The normalized spacial score (nSPS) is 10.5. The van der Waals surface area contributed by atoms with Crippen molar-refractivity contribution in [1.29, 1.82) is 0 Å². The minimum atomic E-state index is 0.528. The summed E-state index contributed by atoms with van der Waals surface area (Å²) in [7, 11) is 0. The quantitative estimate of drug-likeness (QED) is 0.720. The molecular weight excluding hydrogens is 164 g/mol. The number of nitrogens with zero attached hydrogens (tertiary/aromatic N) is 1. The van der Waals surface area contributed by atoms with E-state index in [0.717, 1.165) is 23.1 Å². The van der Waals surface area contributed by atoms with Crippen LogP contribution in [0.15, 0.2) is 24.3 Å². The van der Waals surface area contributed by atoms with Gasteiger partial charge in [-0.1, -0.05) is 12.1 Å². The van der Waals surface area contributed by atoms with Crippen molar-refractivity contribution in [3.05, 3.63) is 30.1 Å². The zero-order valence-electron chi connectivity index (χ0n) is 7.16. The molecule has 0 bridgehead atoms. The van der Waals surface area contributed by atoms with Gasteiger partial charge in [-0.25, -0.2) is 4.98 Å². The summed E-state index contributed by atoms with van der Waals surface area (Å²) in [5, 5.41) is 0. The Hall–Kier alpha value is -1.64. The maximum atomic E-state index is 10.2. The van der Waals surface area contributed by atoms with Crippen LogP contribution in [-0.2, 0) is 11.2 Å². The van der Waals surface area contributed by atoms with Crippen LogP contribution in [0, 0.1) is 0 Å². The number of H-pyrrole nitrogens is 1. The fraction of sp³-hybridized carbons (Fsp3) is 0.200. The number of carbonyl (C=O) groups is 1. The van der Waals surface area contributed by atoms with Gasteiger partial charge in [0.2, 0.25) is 0 Å². The van der Waals surface area contributed by atoms with Crippen molar-refractivity contribution >= 4 is 17.3 Å². The van der Waals surface area contributed by atoms with Crippen LogP contribution in [0.2, 0.25) is 0 Å². The first-order chi connectivity index (χ1) is 6.40. The number of nitrogens with one attached hydrogen (secondary N) is 1. The van der Waals surface area contributed by atoms with E-state index in [2.05, 4.69) is 9.97 Å². The van der Waals surface area contributed by atoms with Crippen molar-refractivity contribution in [3.63, 3.8) is 0 Å². The maximum absolute atomic E-state index is 10.2. The number of hydrogen-bond donors (Lipinski definition) is 1. The van der Waals surface area contributed by atoms with Gasteiger partial charge in [0.25, 0.3) is 0 Å². The molecule has 0 radical (unpaired) electrons. The molecule has 1 heterocycles. The number of carbonyl (C=O) groups excluding carboxylic acids is 1. The fourth-order valence-electron chi connectivity index (χ4n) is 1.32. The van der Waals surface area contributed by atoms with Crippen molar-refractivity contribution in [2.45, 2.75) is 12.8 Å². The monoisotopic (exact) mass is 174 g/mol. The first-order valence-electron chi connectivity index (χ1n) is 4.27. The molecule has 0 spiro atoms. The van der Waals surface area contributed by atoms with Crippen molar-refractivity contribution in [2.75, 3.05) is 0 Å². The third kappa shape index (κ3) is 1.59. The Kier molecular flexibility index (Phi) is 2.08.